The minimum Gasteiger partial charge on any atom is -0.497 e. The molecular formula is C25H27N3O6S. The SMILES string of the molecule is CCOc1ccc(NC(=O)CN(c2ccc(OC)cc2)S(=O)(=O)c2ccc(NC(C)=O)cc2)cc1. The highest BCUT2D eigenvalue weighted by Gasteiger charge is 2.27. The van der Waals surface area contributed by atoms with E-state index in [9.17, 15) is 18.0 Å². The molecule has 0 aliphatic rings. The maximum Gasteiger partial charge on any atom is 0.264 e. The molecule has 0 aliphatic heterocycles. The second-order valence-corrected chi connectivity index (χ2v) is 9.28. The average Bonchev–Trinajstić information content (AvgIpc) is 2.84. The van der Waals surface area contributed by atoms with Crippen molar-refractivity contribution in [3.8, 4) is 11.5 Å². The normalized spacial score (nSPS) is 10.8. The van der Waals surface area contributed by atoms with Crippen LogP contribution in [0.3, 0.4) is 0 Å². The molecule has 0 heterocycles. The monoisotopic (exact) mass is 497 g/mol. The maximum atomic E-state index is 13.5. The van der Waals surface area contributed by atoms with Crippen LogP contribution in [0.25, 0.3) is 0 Å². The lowest BCUT2D eigenvalue weighted by Gasteiger charge is -2.24. The Bertz CT molecular complexity index is 1260. The van der Waals surface area contributed by atoms with E-state index < -0.39 is 22.5 Å². The van der Waals surface area contributed by atoms with Crippen molar-refractivity contribution in [2.75, 3.05) is 35.2 Å². The molecule has 0 atom stereocenters. The first-order chi connectivity index (χ1) is 16.7. The lowest BCUT2D eigenvalue weighted by molar-refractivity contribution is -0.115. The second-order valence-electron chi connectivity index (χ2n) is 7.42. The number of benzene rings is 3. The molecule has 2 N–H and O–H groups in total. The van der Waals surface area contributed by atoms with Gasteiger partial charge in [0.2, 0.25) is 11.8 Å². The van der Waals surface area contributed by atoms with Crippen LogP contribution in [-0.4, -0.2) is 40.5 Å². The van der Waals surface area contributed by atoms with Gasteiger partial charge in [-0.15, -0.1) is 0 Å². The van der Waals surface area contributed by atoms with Crippen LogP contribution in [0.2, 0.25) is 0 Å². The second kappa shape index (κ2) is 11.4. The van der Waals surface area contributed by atoms with Crippen LogP contribution in [-0.2, 0) is 19.6 Å². The fraction of sp³-hybridized carbons (Fsp3) is 0.200. The lowest BCUT2D eigenvalue weighted by Crippen LogP contribution is -2.38. The van der Waals surface area contributed by atoms with E-state index in [0.29, 0.717) is 35.2 Å². The summed E-state index contributed by atoms with van der Waals surface area (Å²) in [5.41, 5.74) is 1.25. The summed E-state index contributed by atoms with van der Waals surface area (Å²) in [4.78, 5) is 24.1. The summed E-state index contributed by atoms with van der Waals surface area (Å²) in [7, 11) is -2.62. The zero-order valence-electron chi connectivity index (χ0n) is 19.6. The first kappa shape index (κ1) is 25.6. The Labute approximate surface area is 204 Å². The van der Waals surface area contributed by atoms with Gasteiger partial charge in [0.1, 0.15) is 18.0 Å². The number of sulfonamides is 1. The van der Waals surface area contributed by atoms with Crippen LogP contribution in [0.15, 0.2) is 77.7 Å². The van der Waals surface area contributed by atoms with Gasteiger partial charge in [0, 0.05) is 18.3 Å². The predicted octanol–water partition coefficient (Wildman–Crippen LogP) is 3.89. The van der Waals surface area contributed by atoms with E-state index in [2.05, 4.69) is 10.6 Å². The average molecular weight is 498 g/mol. The molecule has 0 saturated carbocycles. The van der Waals surface area contributed by atoms with Crippen LogP contribution in [0.4, 0.5) is 17.1 Å². The third-order valence-corrected chi connectivity index (χ3v) is 6.65. The van der Waals surface area contributed by atoms with Gasteiger partial charge in [-0.2, -0.15) is 0 Å². The molecule has 3 rings (SSSR count). The molecule has 0 fully saturated rings. The number of hydrogen-bond acceptors (Lipinski definition) is 6. The van der Waals surface area contributed by atoms with Gasteiger partial charge < -0.3 is 20.1 Å². The largest absolute Gasteiger partial charge is 0.497 e. The molecule has 3 aromatic carbocycles. The molecule has 3 aromatic rings. The minimum atomic E-state index is -4.12. The summed E-state index contributed by atoms with van der Waals surface area (Å²) < 4.78 is 38.6. The van der Waals surface area contributed by atoms with Gasteiger partial charge in [0.25, 0.3) is 10.0 Å². The summed E-state index contributed by atoms with van der Waals surface area (Å²) in [5.74, 6) is 0.412. The third-order valence-electron chi connectivity index (χ3n) is 4.86. The number of methoxy groups -OCH3 is 1. The Morgan fingerprint density at radius 2 is 1.37 bits per heavy atom. The number of ether oxygens (including phenoxy) is 2. The standard InChI is InChI=1S/C25H27N3O6S/c1-4-34-23-11-5-20(6-12-23)27-25(30)17-28(21-9-13-22(33-3)14-10-21)35(31,32)24-15-7-19(8-16-24)26-18(2)29/h5-16H,4,17H2,1-3H3,(H,26,29)(H,27,30). The summed E-state index contributed by atoms with van der Waals surface area (Å²) in [6, 6.07) is 18.9. The molecule has 0 saturated heterocycles. The Morgan fingerprint density at radius 3 is 1.91 bits per heavy atom. The van der Waals surface area contributed by atoms with Crippen molar-refractivity contribution >= 4 is 38.9 Å². The molecule has 0 bridgehead atoms. The predicted molar refractivity (Wildman–Crippen MR) is 135 cm³/mol. The van der Waals surface area contributed by atoms with E-state index in [0.717, 1.165) is 4.31 Å². The van der Waals surface area contributed by atoms with Crippen molar-refractivity contribution in [2.45, 2.75) is 18.7 Å². The zero-order chi connectivity index (χ0) is 25.4. The number of nitrogens with one attached hydrogen (secondary N) is 2. The fourth-order valence-electron chi connectivity index (χ4n) is 3.24. The first-order valence-electron chi connectivity index (χ1n) is 10.8. The minimum absolute atomic E-state index is 0.0312. The van der Waals surface area contributed by atoms with E-state index in [1.807, 2.05) is 6.92 Å². The van der Waals surface area contributed by atoms with Crippen molar-refractivity contribution < 1.29 is 27.5 Å². The van der Waals surface area contributed by atoms with Gasteiger partial charge in [-0.25, -0.2) is 8.42 Å². The Morgan fingerprint density at radius 1 is 0.829 bits per heavy atom. The molecule has 0 aromatic heterocycles. The number of carbonyl (C=O) groups is 2. The molecule has 2 amide bonds. The number of nitrogens with zero attached hydrogens (tertiary/aromatic N) is 1. The fourth-order valence-corrected chi connectivity index (χ4v) is 4.66. The maximum absolute atomic E-state index is 13.5. The van der Waals surface area contributed by atoms with Gasteiger partial charge in [-0.1, -0.05) is 0 Å². The smallest absolute Gasteiger partial charge is 0.264 e. The first-order valence-corrected chi connectivity index (χ1v) is 12.2. The molecule has 10 heteroatoms. The number of carbonyl (C=O) groups excluding carboxylic acids is 2. The molecule has 0 unspecified atom stereocenters. The van der Waals surface area contributed by atoms with Crippen molar-refractivity contribution in [3.63, 3.8) is 0 Å². The van der Waals surface area contributed by atoms with E-state index in [-0.39, 0.29) is 10.8 Å². The van der Waals surface area contributed by atoms with Crippen LogP contribution < -0.4 is 24.4 Å². The number of anilines is 3. The topological polar surface area (TPSA) is 114 Å². The van der Waals surface area contributed by atoms with Crippen molar-refractivity contribution in [3.05, 3.63) is 72.8 Å². The molecule has 0 aliphatic carbocycles. The van der Waals surface area contributed by atoms with E-state index in [4.69, 9.17) is 9.47 Å². The third kappa shape index (κ3) is 6.73. The summed E-state index contributed by atoms with van der Waals surface area (Å²) >= 11 is 0. The summed E-state index contributed by atoms with van der Waals surface area (Å²) in [5, 5.41) is 5.31. The Kier molecular flexibility index (Phi) is 8.32. The van der Waals surface area contributed by atoms with E-state index in [1.165, 1.54) is 38.3 Å². The molecule has 184 valence electrons. The Balaban J connectivity index is 1.88. The molecule has 0 radical (unpaired) electrons. The number of amides is 2. The zero-order valence-corrected chi connectivity index (χ0v) is 20.5. The molecule has 35 heavy (non-hydrogen) atoms. The van der Waals surface area contributed by atoms with Crippen LogP contribution in [0, 0.1) is 0 Å². The van der Waals surface area contributed by atoms with Crippen molar-refractivity contribution in [2.24, 2.45) is 0 Å². The summed E-state index contributed by atoms with van der Waals surface area (Å²) in [6.45, 7) is 3.29. The van der Waals surface area contributed by atoms with E-state index >= 15 is 0 Å². The molecule has 0 spiro atoms. The molecular weight excluding hydrogens is 470 g/mol. The number of rotatable bonds is 10. The van der Waals surface area contributed by atoms with E-state index in [1.54, 1.807) is 48.5 Å². The highest BCUT2D eigenvalue weighted by molar-refractivity contribution is 7.92. The van der Waals surface area contributed by atoms with Gasteiger partial charge in [-0.05, 0) is 79.7 Å². The number of hydrogen-bond donors (Lipinski definition) is 2. The van der Waals surface area contributed by atoms with Crippen LogP contribution in [0.1, 0.15) is 13.8 Å². The Hall–Kier alpha value is -4.05. The lowest BCUT2D eigenvalue weighted by atomic mass is 10.3. The van der Waals surface area contributed by atoms with Gasteiger partial charge in [0.15, 0.2) is 0 Å². The van der Waals surface area contributed by atoms with Gasteiger partial charge >= 0.3 is 0 Å². The van der Waals surface area contributed by atoms with Crippen molar-refractivity contribution in [1.82, 2.24) is 0 Å². The van der Waals surface area contributed by atoms with Crippen LogP contribution >= 0.6 is 0 Å². The summed E-state index contributed by atoms with van der Waals surface area (Å²) in [6.07, 6.45) is 0. The highest BCUT2D eigenvalue weighted by Crippen LogP contribution is 2.27. The molecule has 9 nitrogen and oxygen atoms in total. The van der Waals surface area contributed by atoms with Crippen molar-refractivity contribution in [1.29, 1.82) is 0 Å². The quantitative estimate of drug-likeness (QED) is 0.439. The highest BCUT2D eigenvalue weighted by atomic mass is 32.2. The van der Waals surface area contributed by atoms with Gasteiger partial charge in [-0.3, -0.25) is 13.9 Å². The van der Waals surface area contributed by atoms with Crippen LogP contribution in [0.5, 0.6) is 11.5 Å². The van der Waals surface area contributed by atoms with Gasteiger partial charge in [0.05, 0.1) is 24.3 Å².